The van der Waals surface area contributed by atoms with Gasteiger partial charge in [-0.3, -0.25) is 68.4 Å². The highest BCUT2D eigenvalue weighted by molar-refractivity contribution is 8.76. The zero-order chi connectivity index (χ0) is 82.6. The summed E-state index contributed by atoms with van der Waals surface area (Å²) >= 11 is 0. The van der Waals surface area contributed by atoms with Gasteiger partial charge in [0.25, 0.3) is 0 Å². The number of carbonyl (C=O) groups excluding carboxylic acids is 12. The molecule has 0 aliphatic carbocycles. The van der Waals surface area contributed by atoms with Crippen LogP contribution in [0.25, 0.3) is 21.8 Å². The van der Waals surface area contributed by atoms with Crippen LogP contribution in [-0.2, 0) is 96.1 Å². The molecular formula is C83H103N19O12S2. The molecule has 0 spiro atoms. The first-order chi connectivity index (χ1) is 55.9. The van der Waals surface area contributed by atoms with E-state index in [2.05, 4.69) is 77.8 Å². The second kappa shape index (κ2) is 43.1. The van der Waals surface area contributed by atoms with Gasteiger partial charge in [0, 0.05) is 147 Å². The Morgan fingerprint density at radius 1 is 0.431 bits per heavy atom. The molecule has 31 nitrogen and oxygen atoms in total. The van der Waals surface area contributed by atoms with Crippen LogP contribution in [0.2, 0.25) is 0 Å². The Hall–Kier alpha value is -11.7. The molecule has 4 aromatic carbocycles. The Kier molecular flexibility index (Phi) is 32.2. The minimum Gasteiger partial charge on any atom is -0.388 e. The average Bonchev–Trinajstić information content (AvgIpc) is 1.59. The van der Waals surface area contributed by atoms with Crippen molar-refractivity contribution in [1.82, 2.24) is 77.8 Å². The Morgan fingerprint density at radius 2 is 0.922 bits per heavy atom. The zero-order valence-electron chi connectivity index (χ0n) is 64.9. The number of para-hydroxylation sites is 2. The Balaban J connectivity index is 1.08. The molecule has 0 saturated carbocycles. The van der Waals surface area contributed by atoms with Gasteiger partial charge in [0.15, 0.2) is 11.7 Å². The third kappa shape index (κ3) is 25.9. The largest absolute Gasteiger partial charge is 0.388 e. The molecule has 2 aliphatic heterocycles. The molecule has 33 heteroatoms. The molecule has 2 aliphatic rings. The monoisotopic (exact) mass is 1620 g/mol. The number of aromatic nitrogens is 6. The van der Waals surface area contributed by atoms with Gasteiger partial charge in [-0.1, -0.05) is 138 Å². The maximum absolute atomic E-state index is 15.8. The maximum atomic E-state index is 15.8. The molecule has 8 amide bonds. The highest BCUT2D eigenvalue weighted by atomic mass is 33.1. The first-order valence-corrected chi connectivity index (χ1v) is 41.7. The Morgan fingerprint density at radius 3 is 1.52 bits per heavy atom. The third-order valence-electron chi connectivity index (χ3n) is 21.0. The number of ketones is 4. The highest BCUT2D eigenvalue weighted by Gasteiger charge is 2.39. The van der Waals surface area contributed by atoms with Gasteiger partial charge in [-0.25, -0.2) is 9.97 Å². The minimum atomic E-state index is -1.58. The van der Waals surface area contributed by atoms with Crippen molar-refractivity contribution in [3.05, 3.63) is 180 Å². The summed E-state index contributed by atoms with van der Waals surface area (Å²) in [7, 11) is 2.10. The molecule has 6 heterocycles. The molecule has 0 unspecified atom stereocenters. The van der Waals surface area contributed by atoms with Crippen LogP contribution in [0.15, 0.2) is 147 Å². The van der Waals surface area contributed by atoms with E-state index >= 15 is 47.9 Å². The van der Waals surface area contributed by atoms with E-state index in [9.17, 15) is 9.59 Å². The van der Waals surface area contributed by atoms with Crippen LogP contribution in [0.4, 0.5) is 0 Å². The third-order valence-corrected chi connectivity index (χ3v) is 23.5. The number of hydrogen-bond donors (Lipinski definition) is 17. The number of Topliss-reactive ketones (excluding diaryl/α,β-unsaturated/α-hetero) is 4. The van der Waals surface area contributed by atoms with Crippen molar-refractivity contribution >= 4 is 126 Å². The van der Waals surface area contributed by atoms with E-state index in [4.69, 9.17) is 22.3 Å². The summed E-state index contributed by atoms with van der Waals surface area (Å²) in [5.41, 5.74) is 16.0. The minimum absolute atomic E-state index is 0.0125. The summed E-state index contributed by atoms with van der Waals surface area (Å²) < 4.78 is 0. The average molecular weight is 1620 g/mol. The lowest BCUT2D eigenvalue weighted by Crippen LogP contribution is -2.61. The number of nitrogens with zero attached hydrogens (tertiary/aromatic N) is 2. The lowest BCUT2D eigenvalue weighted by molar-refractivity contribution is -0.136. The second-order valence-corrected chi connectivity index (χ2v) is 32.5. The number of carbonyl (C=O) groups is 12. The van der Waals surface area contributed by atoms with Crippen molar-refractivity contribution in [2.45, 2.75) is 178 Å². The Labute approximate surface area is 679 Å². The Bertz CT molecular complexity index is 4440. The molecule has 8 aromatic rings. The number of nitrogens with two attached hydrogens (primary N) is 2. The molecule has 2 saturated heterocycles. The van der Waals surface area contributed by atoms with Gasteiger partial charge in [-0.05, 0) is 79.8 Å². The van der Waals surface area contributed by atoms with Gasteiger partial charge < -0.3 is 79.3 Å². The van der Waals surface area contributed by atoms with E-state index in [0.29, 0.717) is 76.6 Å². The summed E-state index contributed by atoms with van der Waals surface area (Å²) in [6, 6.07) is 20.6. The topological polar surface area (TPSA) is 502 Å². The number of amidine groups is 1. The summed E-state index contributed by atoms with van der Waals surface area (Å²) in [6.45, 7) is 3.14. The quantitative estimate of drug-likeness (QED) is 0.0173. The number of fused-ring (bicyclic) bond motifs is 7. The molecule has 0 radical (unpaired) electrons. The predicted molar refractivity (Wildman–Crippen MR) is 442 cm³/mol. The number of unbranched alkanes of at least 4 members (excludes halogenated alkanes) is 3. The molecule has 4 aromatic heterocycles. The molecule has 2 fully saturated rings. The zero-order valence-corrected chi connectivity index (χ0v) is 66.5. The van der Waals surface area contributed by atoms with E-state index in [-0.39, 0.29) is 87.6 Å². The van der Waals surface area contributed by atoms with Gasteiger partial charge in [0.2, 0.25) is 47.3 Å². The van der Waals surface area contributed by atoms with Crippen molar-refractivity contribution in [3.63, 3.8) is 0 Å². The fourth-order valence-electron chi connectivity index (χ4n) is 14.4. The van der Waals surface area contributed by atoms with Gasteiger partial charge in [0.1, 0.15) is 59.6 Å². The number of hydrogen-bond acceptors (Lipinski definition) is 18. The van der Waals surface area contributed by atoms with E-state index in [1.807, 2.05) is 42.5 Å². The maximum Gasteiger partial charge on any atom is 0.244 e. The van der Waals surface area contributed by atoms with Gasteiger partial charge >= 0.3 is 0 Å². The molecule has 116 heavy (non-hydrogen) atoms. The first-order valence-electron chi connectivity index (χ1n) is 39.2. The van der Waals surface area contributed by atoms with Crippen LogP contribution in [0.1, 0.15) is 125 Å². The number of benzene rings is 4. The normalized spacial score (nSPS) is 23.5. The molecule has 12 atom stereocenters. The van der Waals surface area contributed by atoms with Crippen molar-refractivity contribution in [1.29, 1.82) is 10.8 Å². The SMILES string of the molecule is C[C@@H]1CC(=O)[C@@H]2CSSC[C@H](NC(=O)[C@H](Cc3c[nH]c4ccccc34)NC(=O)[C@H](CCCCCC(=N)N)NC(=O)[C@@H](Cc3ccccc3)NC(=O)[C@H](Cc3c[nH]cn3)CC1=O)C(=O)N[C@@H](C)C(=O)N[C@@H](Cc1c[nH]cn1)C(=O)N[C@H](Cc1ccccc1)C(=O)N[C@@H](CCCCNC(=N)N)C(=O)C[C@@H](Cc1c[nH]c3ccccc13)C(=O)C2. The summed E-state index contributed by atoms with van der Waals surface area (Å²) in [5, 5.41) is 42.6. The summed E-state index contributed by atoms with van der Waals surface area (Å²) in [5.74, 6) is -14.2. The van der Waals surface area contributed by atoms with E-state index < -0.39 is 168 Å². The lowest BCUT2D eigenvalue weighted by atomic mass is 9.82. The van der Waals surface area contributed by atoms with Crippen LogP contribution in [0, 0.1) is 34.5 Å². The number of aromatic amines is 4. The summed E-state index contributed by atoms with van der Waals surface area (Å²) in [4.78, 5) is 205. The fourth-order valence-corrected chi connectivity index (χ4v) is 16.9. The van der Waals surface area contributed by atoms with Crippen LogP contribution in [0.5, 0.6) is 0 Å². The lowest BCUT2D eigenvalue weighted by Gasteiger charge is -2.28. The van der Waals surface area contributed by atoms with Gasteiger partial charge in [-0.2, -0.15) is 0 Å². The second-order valence-electron chi connectivity index (χ2n) is 29.9. The van der Waals surface area contributed by atoms with E-state index in [0.717, 1.165) is 32.5 Å². The molecular weight excluding hydrogens is 1520 g/mol. The van der Waals surface area contributed by atoms with Crippen LogP contribution in [-0.4, -0.2) is 178 Å². The first kappa shape index (κ1) is 86.7. The van der Waals surface area contributed by atoms with E-state index in [1.54, 1.807) is 92.2 Å². The highest BCUT2D eigenvalue weighted by Crippen LogP contribution is 2.32. The van der Waals surface area contributed by atoms with Crippen molar-refractivity contribution in [3.8, 4) is 0 Å². The number of nitrogens with one attached hydrogen (secondary N) is 15. The number of rotatable bonds is 23. The predicted octanol–water partition coefficient (Wildman–Crippen LogP) is 5.02. The number of H-pyrrole nitrogens is 4. The smallest absolute Gasteiger partial charge is 0.244 e. The van der Waals surface area contributed by atoms with Crippen LogP contribution in [0.3, 0.4) is 0 Å². The molecule has 2 bridgehead atoms. The van der Waals surface area contributed by atoms with Crippen molar-refractivity contribution in [2.75, 3.05) is 18.1 Å². The molecule has 10 rings (SSSR count). The van der Waals surface area contributed by atoms with Crippen molar-refractivity contribution < 1.29 is 57.5 Å². The van der Waals surface area contributed by atoms with E-state index in [1.165, 1.54) is 25.8 Å². The van der Waals surface area contributed by atoms with Gasteiger partial charge in [-0.15, -0.1) is 0 Å². The summed E-state index contributed by atoms with van der Waals surface area (Å²) in [6.07, 6.45) is 8.84. The standard InChI is InChI=1S/C83H103N19O12S2/c1-48-30-71(104)56-38-72(105)52(33-54-40-91-61-24-14-12-22-59(54)61)36-73(106)63(26-16-17-29-90-83(86)87)96-78(110)66(32-51-20-8-4-9-21-51)100-81(113)68(39-58-43-89-47-94-58)98-75(107)49(2)95-82(114)69(45-116-115-44-56)102-80(112)67(35-55-41-92-62-25-15-13-23-60(55)62)101-77(109)64(27-10-5-11-28-74(84)85)97-79(111)65(31-50-18-6-3-7-19-50)99-76(108)53(37-70(48)103)34-57-42-88-46-93-57/h3-4,6-9,12-15,18-25,40-43,46-49,52-53,56,63-69,91-92H,5,10-11,16-17,26-39,44-45H2,1-2H3,(H3,84,85)(H,88,93)(H,89,94)(H,95,114)(H,96,110)(H,97,111)(H,98,107)(H,99,108)(H,100,113)(H,101,109)(H,102,112)(H4,86,87,90)/t48-,49+,52-,53-,56+,63+,64+,65-,66-,67+,68+,69+/m1/s1. The van der Waals surface area contributed by atoms with Gasteiger partial charge in [0.05, 0.1) is 41.8 Å². The fraction of sp³-hybridized carbons (Fsp3) is 0.422. The van der Waals surface area contributed by atoms with Crippen LogP contribution >= 0.6 is 21.6 Å². The number of guanidine groups is 1. The molecule has 19 N–H and O–H groups in total. The number of imidazole rings is 2. The number of amides is 8. The van der Waals surface area contributed by atoms with Crippen LogP contribution < -0.4 is 59.3 Å². The molecule has 614 valence electrons. The van der Waals surface area contributed by atoms with Crippen molar-refractivity contribution in [2.24, 2.45) is 35.1 Å².